The molecule has 1 aromatic carbocycles. The standard InChI is InChI=1S/C19H20N4O3S2/c1-25-16-9-20-10-17(22-16)26-13-5-4-8-23(11-13)18(24)12-27-19-21-14-6-2-3-7-15(14)28-19/h2-3,6-7,9-10,13H,4-5,8,11-12H2,1H3. The van der Waals surface area contributed by atoms with Gasteiger partial charge in [-0.05, 0) is 25.0 Å². The number of thioether (sulfide) groups is 1. The van der Waals surface area contributed by atoms with Crippen molar-refractivity contribution in [2.75, 3.05) is 26.0 Å². The second-order valence-electron chi connectivity index (χ2n) is 6.36. The Morgan fingerprint density at radius 2 is 2.14 bits per heavy atom. The van der Waals surface area contributed by atoms with Gasteiger partial charge in [0.15, 0.2) is 4.34 Å². The number of piperidine rings is 1. The number of carbonyl (C=O) groups is 1. The molecule has 1 aliphatic rings. The number of benzene rings is 1. The third-order valence-electron chi connectivity index (χ3n) is 4.41. The molecule has 2 aromatic heterocycles. The summed E-state index contributed by atoms with van der Waals surface area (Å²) in [5, 5.41) is 0. The van der Waals surface area contributed by atoms with Crippen LogP contribution in [0.2, 0.25) is 0 Å². The summed E-state index contributed by atoms with van der Waals surface area (Å²) in [5.41, 5.74) is 0.980. The van der Waals surface area contributed by atoms with Gasteiger partial charge in [-0.3, -0.25) is 9.78 Å². The highest BCUT2D eigenvalue weighted by molar-refractivity contribution is 8.01. The van der Waals surface area contributed by atoms with Crippen LogP contribution in [0.15, 0.2) is 41.0 Å². The molecule has 0 spiro atoms. The number of ether oxygens (including phenoxy) is 2. The van der Waals surface area contributed by atoms with Crippen LogP contribution in [0.4, 0.5) is 0 Å². The van der Waals surface area contributed by atoms with E-state index in [1.165, 1.54) is 25.1 Å². The van der Waals surface area contributed by atoms with Crippen molar-refractivity contribution in [1.82, 2.24) is 19.9 Å². The van der Waals surface area contributed by atoms with Gasteiger partial charge in [0, 0.05) is 6.54 Å². The van der Waals surface area contributed by atoms with Crippen LogP contribution in [0.1, 0.15) is 12.8 Å². The molecule has 146 valence electrons. The molecule has 1 fully saturated rings. The van der Waals surface area contributed by atoms with E-state index < -0.39 is 0 Å². The number of thiazole rings is 1. The molecule has 28 heavy (non-hydrogen) atoms. The zero-order valence-corrected chi connectivity index (χ0v) is 17.0. The molecule has 0 bridgehead atoms. The highest BCUT2D eigenvalue weighted by Gasteiger charge is 2.25. The predicted octanol–water partition coefficient (Wildman–Crippen LogP) is 3.26. The smallest absolute Gasteiger partial charge is 0.235 e. The molecule has 0 N–H and O–H groups in total. The van der Waals surface area contributed by atoms with Crippen LogP contribution in [-0.2, 0) is 4.79 Å². The van der Waals surface area contributed by atoms with E-state index in [-0.39, 0.29) is 12.0 Å². The predicted molar refractivity (Wildman–Crippen MR) is 109 cm³/mol. The number of nitrogens with zero attached hydrogens (tertiary/aromatic N) is 4. The Kier molecular flexibility index (Phi) is 5.92. The minimum Gasteiger partial charge on any atom is -0.480 e. The van der Waals surface area contributed by atoms with Crippen molar-refractivity contribution in [3.63, 3.8) is 0 Å². The summed E-state index contributed by atoms with van der Waals surface area (Å²) in [5.74, 6) is 1.32. The number of rotatable bonds is 6. The number of likely N-dealkylation sites (tertiary alicyclic amines) is 1. The fourth-order valence-electron chi connectivity index (χ4n) is 3.05. The van der Waals surface area contributed by atoms with Crippen molar-refractivity contribution in [1.29, 1.82) is 0 Å². The van der Waals surface area contributed by atoms with Gasteiger partial charge in [0.1, 0.15) is 6.10 Å². The van der Waals surface area contributed by atoms with E-state index in [9.17, 15) is 4.79 Å². The largest absolute Gasteiger partial charge is 0.480 e. The Labute approximate surface area is 171 Å². The maximum absolute atomic E-state index is 12.7. The normalized spacial score (nSPS) is 16.9. The molecule has 1 saturated heterocycles. The van der Waals surface area contributed by atoms with Crippen molar-refractivity contribution < 1.29 is 14.3 Å². The Balaban J connectivity index is 1.32. The first-order chi connectivity index (χ1) is 13.7. The summed E-state index contributed by atoms with van der Waals surface area (Å²) in [7, 11) is 1.54. The highest BCUT2D eigenvalue weighted by atomic mass is 32.2. The maximum Gasteiger partial charge on any atom is 0.235 e. The van der Waals surface area contributed by atoms with Crippen LogP contribution < -0.4 is 9.47 Å². The summed E-state index contributed by atoms with van der Waals surface area (Å²) in [6.45, 7) is 1.31. The van der Waals surface area contributed by atoms with Gasteiger partial charge in [0.2, 0.25) is 17.7 Å². The molecule has 0 radical (unpaired) electrons. The Morgan fingerprint density at radius 3 is 3.00 bits per heavy atom. The Bertz CT molecular complexity index is 932. The summed E-state index contributed by atoms with van der Waals surface area (Å²) in [4.78, 5) is 27.4. The average molecular weight is 417 g/mol. The van der Waals surface area contributed by atoms with E-state index in [0.29, 0.717) is 24.1 Å². The van der Waals surface area contributed by atoms with Crippen molar-refractivity contribution in [2.24, 2.45) is 0 Å². The number of methoxy groups -OCH3 is 1. The van der Waals surface area contributed by atoms with E-state index in [1.54, 1.807) is 17.5 Å². The van der Waals surface area contributed by atoms with Gasteiger partial charge < -0.3 is 14.4 Å². The summed E-state index contributed by atoms with van der Waals surface area (Å²) in [6.07, 6.45) is 4.79. The van der Waals surface area contributed by atoms with Crippen LogP contribution in [0.25, 0.3) is 10.2 Å². The quantitative estimate of drug-likeness (QED) is 0.571. The molecule has 1 unspecified atom stereocenters. The van der Waals surface area contributed by atoms with Gasteiger partial charge in [-0.15, -0.1) is 11.3 Å². The molecule has 0 aliphatic carbocycles. The molecule has 1 amide bonds. The number of amides is 1. The third kappa shape index (κ3) is 4.53. The highest BCUT2D eigenvalue weighted by Crippen LogP contribution is 2.29. The van der Waals surface area contributed by atoms with Crippen LogP contribution >= 0.6 is 23.1 Å². The monoisotopic (exact) mass is 416 g/mol. The lowest BCUT2D eigenvalue weighted by Gasteiger charge is -2.32. The lowest BCUT2D eigenvalue weighted by molar-refractivity contribution is -0.130. The summed E-state index contributed by atoms with van der Waals surface area (Å²) in [6, 6.07) is 8.02. The van der Waals surface area contributed by atoms with E-state index >= 15 is 0 Å². The Hall–Kier alpha value is -2.39. The minimum atomic E-state index is -0.0912. The zero-order valence-electron chi connectivity index (χ0n) is 15.4. The molecular formula is C19H20N4O3S2. The lowest BCUT2D eigenvalue weighted by atomic mass is 10.1. The number of carbonyl (C=O) groups excluding carboxylic acids is 1. The first kappa shape index (κ1) is 18.9. The van der Waals surface area contributed by atoms with Gasteiger partial charge in [-0.2, -0.15) is 4.98 Å². The average Bonchev–Trinajstić information content (AvgIpc) is 3.15. The molecule has 0 saturated carbocycles. The van der Waals surface area contributed by atoms with Crippen LogP contribution in [0, 0.1) is 0 Å². The van der Waals surface area contributed by atoms with E-state index in [2.05, 4.69) is 15.0 Å². The second-order valence-corrected chi connectivity index (χ2v) is 8.61. The fraction of sp³-hybridized carbons (Fsp3) is 0.368. The minimum absolute atomic E-state index is 0.0912. The molecule has 1 atom stereocenters. The van der Waals surface area contributed by atoms with Crippen molar-refractivity contribution >= 4 is 39.2 Å². The second kappa shape index (κ2) is 8.74. The molecular weight excluding hydrogens is 396 g/mol. The van der Waals surface area contributed by atoms with Crippen molar-refractivity contribution in [3.05, 3.63) is 36.7 Å². The first-order valence-electron chi connectivity index (χ1n) is 9.00. The van der Waals surface area contributed by atoms with Gasteiger partial charge >= 0.3 is 0 Å². The SMILES string of the molecule is COc1cncc(OC2CCCN(C(=O)CSc3nc4ccccc4s3)C2)n1. The topological polar surface area (TPSA) is 77.4 Å². The van der Waals surface area contributed by atoms with Gasteiger partial charge in [-0.1, -0.05) is 23.9 Å². The van der Waals surface area contributed by atoms with Crippen molar-refractivity contribution in [3.8, 4) is 11.8 Å². The van der Waals surface area contributed by atoms with Gasteiger partial charge in [0.25, 0.3) is 0 Å². The Morgan fingerprint density at radius 1 is 1.29 bits per heavy atom. The molecule has 1 aliphatic heterocycles. The molecule has 4 rings (SSSR count). The van der Waals surface area contributed by atoms with Crippen LogP contribution in [0.5, 0.6) is 11.8 Å². The van der Waals surface area contributed by atoms with Crippen LogP contribution in [0.3, 0.4) is 0 Å². The van der Waals surface area contributed by atoms with Gasteiger partial charge in [0.05, 0.1) is 42.0 Å². The molecule has 3 aromatic rings. The fourth-order valence-corrected chi connectivity index (χ4v) is 5.02. The van der Waals surface area contributed by atoms with E-state index in [0.717, 1.165) is 33.9 Å². The molecule has 7 nitrogen and oxygen atoms in total. The van der Waals surface area contributed by atoms with Gasteiger partial charge in [-0.25, -0.2) is 4.98 Å². The zero-order chi connectivity index (χ0) is 19.3. The molecule has 9 heteroatoms. The molecule has 3 heterocycles. The number of fused-ring (bicyclic) bond motifs is 1. The maximum atomic E-state index is 12.7. The van der Waals surface area contributed by atoms with Crippen molar-refractivity contribution in [2.45, 2.75) is 23.3 Å². The number of aromatic nitrogens is 3. The van der Waals surface area contributed by atoms with E-state index in [4.69, 9.17) is 9.47 Å². The number of hydrogen-bond acceptors (Lipinski definition) is 8. The lowest BCUT2D eigenvalue weighted by Crippen LogP contribution is -2.45. The summed E-state index contributed by atoms with van der Waals surface area (Å²) >= 11 is 3.12. The number of hydrogen-bond donors (Lipinski definition) is 0. The first-order valence-corrected chi connectivity index (χ1v) is 10.8. The van der Waals surface area contributed by atoms with Crippen LogP contribution in [-0.4, -0.2) is 57.8 Å². The number of para-hydroxylation sites is 1. The summed E-state index contributed by atoms with van der Waals surface area (Å²) < 4.78 is 13.1. The van der Waals surface area contributed by atoms with E-state index in [1.807, 2.05) is 29.2 Å². The third-order valence-corrected chi connectivity index (χ3v) is 6.58.